The molecule has 0 spiro atoms. The highest BCUT2D eigenvalue weighted by Gasteiger charge is 2.43. The predicted molar refractivity (Wildman–Crippen MR) is 112 cm³/mol. The van der Waals surface area contributed by atoms with Gasteiger partial charge in [-0.05, 0) is 58.8 Å². The molecule has 0 radical (unpaired) electrons. The number of carbonyl (C=O) groups is 2. The molecule has 28 heavy (non-hydrogen) atoms. The van der Waals surface area contributed by atoms with Gasteiger partial charge in [-0.1, -0.05) is 26.0 Å². The lowest BCUT2D eigenvalue weighted by Gasteiger charge is -2.39. The first-order valence-electron chi connectivity index (χ1n) is 8.36. The Labute approximate surface area is 176 Å². The van der Waals surface area contributed by atoms with Gasteiger partial charge in [-0.3, -0.25) is 19.1 Å². The van der Waals surface area contributed by atoms with Crippen LogP contribution in [-0.2, 0) is 14.8 Å². The van der Waals surface area contributed by atoms with Crippen LogP contribution in [0.4, 0.5) is 11.4 Å². The third kappa shape index (κ3) is 3.47. The monoisotopic (exact) mass is 515 g/mol. The molecular weight excluding hydrogens is 497 g/mol. The minimum absolute atomic E-state index is 0.0798. The molecule has 0 aliphatic carbocycles. The fourth-order valence-electron chi connectivity index (χ4n) is 3.11. The Kier molecular flexibility index (Phi) is 5.64. The van der Waals surface area contributed by atoms with E-state index in [0.717, 1.165) is 4.31 Å². The zero-order valence-corrected chi connectivity index (χ0v) is 18.0. The first-order chi connectivity index (χ1) is 13.2. The first kappa shape index (κ1) is 20.6. The number of amides is 2. The van der Waals surface area contributed by atoms with Gasteiger partial charge in [-0.15, -0.1) is 0 Å². The van der Waals surface area contributed by atoms with E-state index in [1.807, 2.05) is 22.6 Å². The maximum Gasteiger partial charge on any atom is 0.274 e. The smallest absolute Gasteiger partial charge is 0.274 e. The molecule has 0 bridgehead atoms. The van der Waals surface area contributed by atoms with Gasteiger partial charge in [0.2, 0.25) is 5.91 Å². The molecule has 1 heterocycles. The van der Waals surface area contributed by atoms with Crippen LogP contribution in [0.3, 0.4) is 0 Å². The molecule has 1 atom stereocenters. The average Bonchev–Trinajstić information content (AvgIpc) is 2.65. The zero-order valence-electron chi connectivity index (χ0n) is 15.0. The maximum absolute atomic E-state index is 13.5. The topological polar surface area (TPSA) is 116 Å². The van der Waals surface area contributed by atoms with Crippen molar-refractivity contribution >= 4 is 55.8 Å². The molecule has 8 nitrogen and oxygen atoms in total. The van der Waals surface area contributed by atoms with E-state index in [1.165, 1.54) is 29.7 Å². The molecule has 0 aromatic heterocycles. The molecule has 3 rings (SSSR count). The van der Waals surface area contributed by atoms with Crippen LogP contribution >= 0.6 is 22.6 Å². The molecule has 0 saturated heterocycles. The van der Waals surface area contributed by atoms with E-state index in [1.54, 1.807) is 32.0 Å². The SMILES string of the molecule is CC(C)C1C(=O)Nc2cc(C(=O)NO)ccc2N1S(=O)(=O)c1ccccc1I. The molecule has 3 N–H and O–H groups in total. The molecule has 1 aliphatic heterocycles. The van der Waals surface area contributed by atoms with Crippen LogP contribution in [0.25, 0.3) is 0 Å². The lowest BCUT2D eigenvalue weighted by Crippen LogP contribution is -2.53. The molecule has 2 amide bonds. The predicted octanol–water partition coefficient (Wildman–Crippen LogP) is 2.58. The summed E-state index contributed by atoms with van der Waals surface area (Å²) >= 11 is 1.94. The molecule has 1 unspecified atom stereocenters. The lowest BCUT2D eigenvalue weighted by atomic mass is 9.99. The molecule has 2 aromatic rings. The normalized spacial score (nSPS) is 16.5. The van der Waals surface area contributed by atoms with Crippen molar-refractivity contribution in [1.82, 2.24) is 5.48 Å². The van der Waals surface area contributed by atoms with Crippen LogP contribution in [0.1, 0.15) is 24.2 Å². The van der Waals surface area contributed by atoms with Crippen LogP contribution in [0.15, 0.2) is 47.4 Å². The fourth-order valence-corrected chi connectivity index (χ4v) is 6.16. The third-order valence-corrected chi connectivity index (χ3v) is 7.54. The first-order valence-corrected chi connectivity index (χ1v) is 10.9. The number of sulfonamides is 1. The van der Waals surface area contributed by atoms with E-state index in [0.29, 0.717) is 3.57 Å². The van der Waals surface area contributed by atoms with Crippen molar-refractivity contribution < 1.29 is 23.2 Å². The van der Waals surface area contributed by atoms with Gasteiger partial charge in [0.25, 0.3) is 15.9 Å². The second-order valence-electron chi connectivity index (χ2n) is 6.58. The van der Waals surface area contributed by atoms with Crippen LogP contribution in [0.2, 0.25) is 0 Å². The molecule has 10 heteroatoms. The summed E-state index contributed by atoms with van der Waals surface area (Å²) in [6.07, 6.45) is 0. The van der Waals surface area contributed by atoms with E-state index in [9.17, 15) is 18.0 Å². The molecular formula is C18H18IN3O5S. The van der Waals surface area contributed by atoms with Gasteiger partial charge >= 0.3 is 0 Å². The fraction of sp³-hybridized carbons (Fsp3) is 0.222. The van der Waals surface area contributed by atoms with Crippen molar-refractivity contribution in [2.24, 2.45) is 5.92 Å². The highest BCUT2D eigenvalue weighted by molar-refractivity contribution is 14.1. The Balaban J connectivity index is 2.24. The number of rotatable bonds is 4. The van der Waals surface area contributed by atoms with Crippen molar-refractivity contribution in [3.05, 3.63) is 51.6 Å². The van der Waals surface area contributed by atoms with Crippen molar-refractivity contribution in [2.75, 3.05) is 9.62 Å². The van der Waals surface area contributed by atoms with Gasteiger partial charge in [0.1, 0.15) is 10.9 Å². The number of hydrogen-bond acceptors (Lipinski definition) is 5. The highest BCUT2D eigenvalue weighted by Crippen LogP contribution is 2.39. The van der Waals surface area contributed by atoms with E-state index in [-0.39, 0.29) is 27.8 Å². The van der Waals surface area contributed by atoms with Crippen LogP contribution < -0.4 is 15.1 Å². The maximum atomic E-state index is 13.5. The summed E-state index contributed by atoms with van der Waals surface area (Å²) in [6.45, 7) is 3.53. The summed E-state index contributed by atoms with van der Waals surface area (Å²) in [4.78, 5) is 24.5. The Morgan fingerprint density at radius 2 is 1.93 bits per heavy atom. The van der Waals surface area contributed by atoms with Gasteiger partial charge < -0.3 is 5.32 Å². The third-order valence-electron chi connectivity index (χ3n) is 4.38. The molecule has 0 fully saturated rings. The van der Waals surface area contributed by atoms with E-state index in [4.69, 9.17) is 5.21 Å². The van der Waals surface area contributed by atoms with Crippen LogP contribution in [0, 0.1) is 9.49 Å². The van der Waals surface area contributed by atoms with Crippen LogP contribution in [-0.4, -0.2) is 31.5 Å². The molecule has 1 aliphatic rings. The van der Waals surface area contributed by atoms with Gasteiger partial charge in [0.15, 0.2) is 0 Å². The number of nitrogens with zero attached hydrogens (tertiary/aromatic N) is 1. The van der Waals surface area contributed by atoms with Crippen molar-refractivity contribution in [3.63, 3.8) is 0 Å². The van der Waals surface area contributed by atoms with Gasteiger partial charge in [-0.2, -0.15) is 0 Å². The Morgan fingerprint density at radius 1 is 1.25 bits per heavy atom. The second-order valence-corrected chi connectivity index (χ2v) is 9.53. The molecule has 0 saturated carbocycles. The number of carbonyl (C=O) groups excluding carboxylic acids is 2. The minimum atomic E-state index is -4.06. The van der Waals surface area contributed by atoms with Crippen molar-refractivity contribution in [2.45, 2.75) is 24.8 Å². The number of halogens is 1. The summed E-state index contributed by atoms with van der Waals surface area (Å²) in [5.74, 6) is -1.56. The summed E-state index contributed by atoms with van der Waals surface area (Å²) in [5, 5.41) is 11.5. The van der Waals surface area contributed by atoms with Gasteiger partial charge in [-0.25, -0.2) is 13.9 Å². The highest BCUT2D eigenvalue weighted by atomic mass is 127. The Hall–Kier alpha value is -2.18. The largest absolute Gasteiger partial charge is 0.322 e. The summed E-state index contributed by atoms with van der Waals surface area (Å²) in [5.41, 5.74) is 2.03. The van der Waals surface area contributed by atoms with Gasteiger partial charge in [0.05, 0.1) is 11.4 Å². The number of nitrogens with one attached hydrogen (secondary N) is 2. The van der Waals surface area contributed by atoms with E-state index >= 15 is 0 Å². The van der Waals surface area contributed by atoms with E-state index < -0.39 is 27.9 Å². The summed E-state index contributed by atoms with van der Waals surface area (Å²) < 4.78 is 28.7. The van der Waals surface area contributed by atoms with Gasteiger partial charge in [0, 0.05) is 9.13 Å². The number of anilines is 2. The molecule has 148 valence electrons. The zero-order chi connectivity index (χ0) is 20.6. The number of fused-ring (bicyclic) bond motifs is 1. The van der Waals surface area contributed by atoms with E-state index in [2.05, 4.69) is 5.32 Å². The summed E-state index contributed by atoms with van der Waals surface area (Å²) in [7, 11) is -4.06. The Morgan fingerprint density at radius 3 is 2.54 bits per heavy atom. The quantitative estimate of drug-likeness (QED) is 0.329. The standard InChI is InChI=1S/C18H18IN3O5S/c1-10(2)16-18(24)20-13-9-11(17(23)21-25)7-8-14(13)22(16)28(26,27)15-6-4-3-5-12(15)19/h3-10,16,25H,1-2H3,(H,20,24)(H,21,23). The lowest BCUT2D eigenvalue weighted by molar-refractivity contribution is -0.118. The average molecular weight is 515 g/mol. The molecule has 2 aromatic carbocycles. The number of hydrogen-bond donors (Lipinski definition) is 3. The minimum Gasteiger partial charge on any atom is -0.322 e. The van der Waals surface area contributed by atoms with Crippen LogP contribution in [0.5, 0.6) is 0 Å². The summed E-state index contributed by atoms with van der Waals surface area (Å²) in [6, 6.07) is 9.74. The van der Waals surface area contributed by atoms with Crippen molar-refractivity contribution in [3.8, 4) is 0 Å². The number of hydroxylamine groups is 1. The second kappa shape index (κ2) is 7.68. The number of benzene rings is 2. The van der Waals surface area contributed by atoms with Crippen molar-refractivity contribution in [1.29, 1.82) is 0 Å². The Bertz CT molecular complexity index is 1050.